The third-order valence-electron chi connectivity index (χ3n) is 5.35. The number of halogens is 1. The first-order chi connectivity index (χ1) is 17.9. The van der Waals surface area contributed by atoms with Crippen LogP contribution in [0.15, 0.2) is 81.1 Å². The summed E-state index contributed by atoms with van der Waals surface area (Å²) in [6.07, 6.45) is 0.724. The average molecular weight is 564 g/mol. The number of hydrogen-bond donors (Lipinski definition) is 0. The number of rotatable bonds is 9. The largest absolute Gasteiger partial charge is 0.490 e. The molecule has 0 aliphatic rings. The lowest BCUT2D eigenvalue weighted by molar-refractivity contribution is -0.150. The van der Waals surface area contributed by atoms with Gasteiger partial charge in [0.25, 0.3) is 5.56 Å². The van der Waals surface area contributed by atoms with Crippen LogP contribution < -0.4 is 15.0 Å². The molecule has 0 aliphatic heterocycles. The Labute approximate surface area is 222 Å². The van der Waals surface area contributed by atoms with Crippen LogP contribution in [0.5, 0.6) is 11.5 Å². The molecule has 0 N–H and O–H groups in total. The zero-order valence-corrected chi connectivity index (χ0v) is 22.3. The first-order valence-corrected chi connectivity index (χ1v) is 12.6. The van der Waals surface area contributed by atoms with Crippen LogP contribution in [-0.2, 0) is 9.53 Å². The van der Waals surface area contributed by atoms with Crippen molar-refractivity contribution >= 4 is 39.0 Å². The predicted molar refractivity (Wildman–Crippen MR) is 146 cm³/mol. The van der Waals surface area contributed by atoms with Crippen molar-refractivity contribution in [3.63, 3.8) is 0 Å². The summed E-state index contributed by atoms with van der Waals surface area (Å²) in [6.45, 7) is 5.83. The highest BCUT2D eigenvalue weighted by Crippen LogP contribution is 2.37. The second-order valence-electron chi connectivity index (χ2n) is 7.96. The van der Waals surface area contributed by atoms with E-state index in [1.54, 1.807) is 50.4 Å². The van der Waals surface area contributed by atoms with Gasteiger partial charge in [0, 0.05) is 5.56 Å². The summed E-state index contributed by atoms with van der Waals surface area (Å²) in [6, 6.07) is 20.1. The number of carbonyl (C=O) groups is 1. The molecule has 0 bridgehead atoms. The maximum atomic E-state index is 13.4. The Morgan fingerprint density at radius 2 is 1.81 bits per heavy atom. The Hall–Kier alpha value is -3.98. The molecule has 4 rings (SSSR count). The van der Waals surface area contributed by atoms with Crippen molar-refractivity contribution in [3.05, 3.63) is 87.1 Å². The maximum absolute atomic E-state index is 13.4. The fraction of sp³-hybridized carbons (Fsp3) is 0.214. The zero-order chi connectivity index (χ0) is 26.4. The number of hydrogen-bond acceptors (Lipinski definition) is 7. The minimum Gasteiger partial charge on any atom is -0.490 e. The highest BCUT2D eigenvalue weighted by molar-refractivity contribution is 9.10. The normalized spacial score (nSPS) is 12.0. The van der Waals surface area contributed by atoms with E-state index in [1.807, 2.05) is 43.3 Å². The van der Waals surface area contributed by atoms with Crippen LogP contribution in [0.3, 0.4) is 0 Å². The Kier molecular flexibility index (Phi) is 8.35. The second-order valence-corrected chi connectivity index (χ2v) is 8.81. The molecule has 0 amide bonds. The second kappa shape index (κ2) is 11.8. The Balaban J connectivity index is 1.77. The fourth-order valence-electron chi connectivity index (χ4n) is 3.65. The molecular weight excluding hydrogens is 538 g/mol. The fourth-order valence-corrected chi connectivity index (χ4v) is 4.21. The van der Waals surface area contributed by atoms with E-state index in [1.165, 1.54) is 4.68 Å². The Bertz CT molecular complexity index is 1500. The number of fused-ring (bicyclic) bond motifs is 1. The standard InChI is InChI=1S/C28H26BrN3O5/c1-4-35-24-16-19(15-22(29)25(24)37-18(3)28(34)36-5-2)17-30-32-26(20-11-7-6-8-12-20)31-23-14-10-9-13-21(23)27(32)33/h6-18H,4-5H2,1-3H3/t18-/m1/s1. The molecule has 37 heavy (non-hydrogen) atoms. The van der Waals surface area contributed by atoms with E-state index in [9.17, 15) is 9.59 Å². The zero-order valence-electron chi connectivity index (χ0n) is 20.7. The third-order valence-corrected chi connectivity index (χ3v) is 5.94. The summed E-state index contributed by atoms with van der Waals surface area (Å²) in [7, 11) is 0. The van der Waals surface area contributed by atoms with Crippen LogP contribution in [0.4, 0.5) is 0 Å². The lowest BCUT2D eigenvalue weighted by atomic mass is 10.2. The number of nitrogens with zero attached hydrogens (tertiary/aromatic N) is 3. The van der Waals surface area contributed by atoms with Gasteiger partial charge in [-0.3, -0.25) is 4.79 Å². The number of para-hydroxylation sites is 1. The maximum Gasteiger partial charge on any atom is 0.347 e. The van der Waals surface area contributed by atoms with Gasteiger partial charge in [-0.15, -0.1) is 0 Å². The van der Waals surface area contributed by atoms with Gasteiger partial charge in [-0.25, -0.2) is 9.78 Å². The van der Waals surface area contributed by atoms with Crippen LogP contribution in [0.1, 0.15) is 26.3 Å². The third kappa shape index (κ3) is 5.89. The van der Waals surface area contributed by atoms with E-state index in [2.05, 4.69) is 21.0 Å². The molecule has 8 nitrogen and oxygen atoms in total. The minimum atomic E-state index is -0.828. The molecule has 3 aromatic carbocycles. The first-order valence-electron chi connectivity index (χ1n) is 11.8. The van der Waals surface area contributed by atoms with Crippen LogP contribution >= 0.6 is 15.9 Å². The van der Waals surface area contributed by atoms with Crippen molar-refractivity contribution in [2.24, 2.45) is 5.10 Å². The van der Waals surface area contributed by atoms with Gasteiger partial charge in [-0.05, 0) is 66.5 Å². The van der Waals surface area contributed by atoms with Crippen molar-refractivity contribution in [1.82, 2.24) is 9.66 Å². The molecule has 9 heteroatoms. The molecule has 0 saturated heterocycles. The summed E-state index contributed by atoms with van der Waals surface area (Å²) in [4.78, 5) is 30.2. The molecule has 190 valence electrons. The van der Waals surface area contributed by atoms with E-state index in [-0.39, 0.29) is 12.2 Å². The molecule has 0 aliphatic carbocycles. The van der Waals surface area contributed by atoms with Gasteiger partial charge in [0.15, 0.2) is 23.4 Å². The average Bonchev–Trinajstić information content (AvgIpc) is 2.90. The summed E-state index contributed by atoms with van der Waals surface area (Å²) in [5, 5.41) is 4.98. The molecule has 0 fully saturated rings. The number of ether oxygens (including phenoxy) is 3. The van der Waals surface area contributed by atoms with Gasteiger partial charge >= 0.3 is 5.97 Å². The summed E-state index contributed by atoms with van der Waals surface area (Å²) < 4.78 is 18.5. The van der Waals surface area contributed by atoms with Crippen LogP contribution in [0.2, 0.25) is 0 Å². The van der Waals surface area contributed by atoms with E-state index in [0.29, 0.717) is 44.9 Å². The summed E-state index contributed by atoms with van der Waals surface area (Å²) >= 11 is 3.51. The number of aromatic nitrogens is 2. The van der Waals surface area contributed by atoms with Gasteiger partial charge in [0.05, 0.1) is 34.8 Å². The SMILES string of the molecule is CCOC(=O)[C@@H](C)Oc1c(Br)cc(C=Nn2c(-c3ccccc3)nc3ccccc3c2=O)cc1OCC. The number of benzene rings is 3. The van der Waals surface area contributed by atoms with Crippen LogP contribution in [-0.4, -0.2) is 41.2 Å². The van der Waals surface area contributed by atoms with Crippen molar-refractivity contribution in [1.29, 1.82) is 0 Å². The minimum absolute atomic E-state index is 0.259. The molecule has 0 unspecified atom stereocenters. The van der Waals surface area contributed by atoms with Crippen molar-refractivity contribution in [3.8, 4) is 22.9 Å². The van der Waals surface area contributed by atoms with E-state index < -0.39 is 12.1 Å². The predicted octanol–water partition coefficient (Wildman–Crippen LogP) is 5.44. The van der Waals surface area contributed by atoms with Crippen molar-refractivity contribution in [2.45, 2.75) is 26.9 Å². The smallest absolute Gasteiger partial charge is 0.347 e. The topological polar surface area (TPSA) is 92.0 Å². The molecule has 1 atom stereocenters. The highest BCUT2D eigenvalue weighted by Gasteiger charge is 2.21. The first kappa shape index (κ1) is 26.1. The van der Waals surface area contributed by atoms with E-state index in [0.717, 1.165) is 5.56 Å². The number of carbonyl (C=O) groups excluding carboxylic acids is 1. The molecule has 0 radical (unpaired) electrons. The molecule has 4 aromatic rings. The van der Waals surface area contributed by atoms with E-state index >= 15 is 0 Å². The summed E-state index contributed by atoms with van der Waals surface area (Å²) in [5.74, 6) is 0.739. The molecule has 1 heterocycles. The van der Waals surface area contributed by atoms with Gasteiger partial charge in [0.2, 0.25) is 0 Å². The molecule has 0 spiro atoms. The Morgan fingerprint density at radius 1 is 1.08 bits per heavy atom. The monoisotopic (exact) mass is 563 g/mol. The Morgan fingerprint density at radius 3 is 2.54 bits per heavy atom. The van der Waals surface area contributed by atoms with Crippen LogP contribution in [0.25, 0.3) is 22.3 Å². The van der Waals surface area contributed by atoms with Gasteiger partial charge in [-0.2, -0.15) is 9.78 Å². The molecular formula is C28H26BrN3O5. The molecule has 0 saturated carbocycles. The quantitative estimate of drug-likeness (QED) is 0.199. The van der Waals surface area contributed by atoms with Gasteiger partial charge in [0.1, 0.15) is 0 Å². The summed E-state index contributed by atoms with van der Waals surface area (Å²) in [5.41, 5.74) is 1.71. The van der Waals surface area contributed by atoms with Crippen molar-refractivity contribution < 1.29 is 19.0 Å². The van der Waals surface area contributed by atoms with Gasteiger partial charge < -0.3 is 14.2 Å². The number of esters is 1. The molecule has 1 aromatic heterocycles. The van der Waals surface area contributed by atoms with Gasteiger partial charge in [-0.1, -0.05) is 42.5 Å². The van der Waals surface area contributed by atoms with Crippen LogP contribution in [0, 0.1) is 0 Å². The lowest BCUT2D eigenvalue weighted by Gasteiger charge is -2.18. The lowest BCUT2D eigenvalue weighted by Crippen LogP contribution is -2.26. The van der Waals surface area contributed by atoms with Crippen molar-refractivity contribution in [2.75, 3.05) is 13.2 Å². The van der Waals surface area contributed by atoms with E-state index in [4.69, 9.17) is 19.2 Å². The highest BCUT2D eigenvalue weighted by atomic mass is 79.9.